The molecule has 4 nitrogen and oxygen atoms in total. The van der Waals surface area contributed by atoms with E-state index >= 15 is 0 Å². The lowest BCUT2D eigenvalue weighted by Gasteiger charge is -2.33. The third-order valence-corrected chi connectivity index (χ3v) is 4.11. The summed E-state index contributed by atoms with van der Waals surface area (Å²) in [5.74, 6) is 0.899. The summed E-state index contributed by atoms with van der Waals surface area (Å²) in [5.41, 5.74) is 2.37. The lowest BCUT2D eigenvalue weighted by molar-refractivity contribution is -0.0330. The molecule has 2 aromatic rings. The minimum absolute atomic E-state index is 0.126. The fourth-order valence-corrected chi connectivity index (χ4v) is 2.88. The van der Waals surface area contributed by atoms with Gasteiger partial charge in [0, 0.05) is 29.7 Å². The predicted octanol–water partition coefficient (Wildman–Crippen LogP) is 3.32. The Morgan fingerprint density at radius 1 is 1.45 bits per heavy atom. The zero-order valence-corrected chi connectivity index (χ0v) is 13.0. The number of benzene rings is 1. The topological polar surface area (TPSA) is 38.5 Å². The number of ether oxygens (including phenoxy) is 1. The van der Waals surface area contributed by atoms with Crippen LogP contribution in [0.5, 0.6) is 0 Å². The Kier molecular flexibility index (Phi) is 4.19. The van der Waals surface area contributed by atoms with E-state index in [4.69, 9.17) is 9.26 Å². The molecule has 20 heavy (non-hydrogen) atoms. The van der Waals surface area contributed by atoms with Crippen LogP contribution in [-0.4, -0.2) is 29.8 Å². The first kappa shape index (κ1) is 13.8. The maximum absolute atomic E-state index is 5.90. The molecule has 0 spiro atoms. The highest BCUT2D eigenvalue weighted by Crippen LogP contribution is 2.25. The lowest BCUT2D eigenvalue weighted by Crippen LogP contribution is -2.37. The monoisotopic (exact) mass is 336 g/mol. The molecule has 2 heterocycles. The van der Waals surface area contributed by atoms with Gasteiger partial charge in [0.15, 0.2) is 0 Å². The molecule has 1 atom stereocenters. The quantitative estimate of drug-likeness (QED) is 0.861. The van der Waals surface area contributed by atoms with E-state index in [1.54, 1.807) is 6.20 Å². The van der Waals surface area contributed by atoms with Crippen LogP contribution in [0.4, 0.5) is 0 Å². The molecule has 3 rings (SSSR count). The molecule has 0 radical (unpaired) electrons. The molecule has 5 heteroatoms. The van der Waals surface area contributed by atoms with Crippen molar-refractivity contribution in [2.24, 2.45) is 0 Å². The molecule has 1 aromatic carbocycles. The van der Waals surface area contributed by atoms with Crippen LogP contribution in [0.2, 0.25) is 0 Å². The maximum atomic E-state index is 5.90. The molecule has 1 fully saturated rings. The molecule has 1 aliphatic rings. The van der Waals surface area contributed by atoms with Crippen molar-refractivity contribution in [1.82, 2.24) is 10.1 Å². The van der Waals surface area contributed by atoms with Crippen molar-refractivity contribution >= 4 is 15.9 Å². The zero-order chi connectivity index (χ0) is 13.9. The van der Waals surface area contributed by atoms with Gasteiger partial charge in [0.2, 0.25) is 0 Å². The molecule has 0 aliphatic carbocycles. The smallest absolute Gasteiger partial charge is 0.138 e. The van der Waals surface area contributed by atoms with E-state index < -0.39 is 0 Å². The van der Waals surface area contributed by atoms with Crippen LogP contribution < -0.4 is 0 Å². The van der Waals surface area contributed by atoms with E-state index in [2.05, 4.69) is 38.1 Å². The molecule has 0 bridgehead atoms. The Labute approximate surface area is 126 Å². The highest BCUT2D eigenvalue weighted by molar-refractivity contribution is 9.10. The summed E-state index contributed by atoms with van der Waals surface area (Å²) in [6.45, 7) is 5.40. The van der Waals surface area contributed by atoms with E-state index in [0.717, 1.165) is 42.0 Å². The van der Waals surface area contributed by atoms with Crippen molar-refractivity contribution in [3.05, 3.63) is 51.8 Å². The summed E-state index contributed by atoms with van der Waals surface area (Å²) in [4.78, 5) is 2.38. The fraction of sp³-hybridized carbons (Fsp3) is 0.400. The second-order valence-electron chi connectivity index (χ2n) is 5.06. The van der Waals surface area contributed by atoms with Gasteiger partial charge >= 0.3 is 0 Å². The van der Waals surface area contributed by atoms with Crippen molar-refractivity contribution in [2.75, 3.05) is 19.7 Å². The van der Waals surface area contributed by atoms with E-state index in [-0.39, 0.29) is 6.10 Å². The number of morpholine rings is 1. The Balaban J connectivity index is 1.69. The van der Waals surface area contributed by atoms with E-state index in [0.29, 0.717) is 0 Å². The summed E-state index contributed by atoms with van der Waals surface area (Å²) in [7, 11) is 0. The first-order valence-corrected chi connectivity index (χ1v) is 7.51. The fourth-order valence-electron chi connectivity index (χ4n) is 2.47. The Morgan fingerprint density at radius 3 is 3.10 bits per heavy atom. The highest BCUT2D eigenvalue weighted by Gasteiger charge is 2.23. The van der Waals surface area contributed by atoms with E-state index in [9.17, 15) is 0 Å². The molecular formula is C15H17BrN2O2. The standard InChI is InChI=1S/C15H17BrN2O2/c1-11-13(8-17-20-11)9-18-5-6-19-15(10-18)12-3-2-4-14(16)7-12/h2-4,7-8,15H,5-6,9-10H2,1H3/t15-/m1/s1. The van der Waals surface area contributed by atoms with Crippen LogP contribution >= 0.6 is 15.9 Å². The third-order valence-electron chi connectivity index (χ3n) is 3.62. The van der Waals surface area contributed by atoms with Gasteiger partial charge in [-0.1, -0.05) is 33.2 Å². The normalized spacial score (nSPS) is 20.2. The van der Waals surface area contributed by atoms with Crippen molar-refractivity contribution < 1.29 is 9.26 Å². The van der Waals surface area contributed by atoms with Crippen molar-refractivity contribution in [2.45, 2.75) is 19.6 Å². The third kappa shape index (κ3) is 3.11. The number of aryl methyl sites for hydroxylation is 1. The summed E-state index contributed by atoms with van der Waals surface area (Å²) in [5, 5.41) is 3.84. The highest BCUT2D eigenvalue weighted by atomic mass is 79.9. The molecule has 1 saturated heterocycles. The van der Waals surface area contributed by atoms with Crippen LogP contribution in [-0.2, 0) is 11.3 Å². The van der Waals surface area contributed by atoms with Gasteiger partial charge in [-0.2, -0.15) is 0 Å². The summed E-state index contributed by atoms with van der Waals surface area (Å²) >= 11 is 3.51. The number of rotatable bonds is 3. The van der Waals surface area contributed by atoms with Crippen LogP contribution in [0.15, 0.2) is 39.5 Å². The summed E-state index contributed by atoms with van der Waals surface area (Å²) < 4.78 is 12.1. The molecular weight excluding hydrogens is 320 g/mol. The Bertz CT molecular complexity index is 585. The molecule has 0 saturated carbocycles. The van der Waals surface area contributed by atoms with Crippen LogP contribution in [0.1, 0.15) is 23.0 Å². The van der Waals surface area contributed by atoms with Crippen molar-refractivity contribution in [3.8, 4) is 0 Å². The van der Waals surface area contributed by atoms with Gasteiger partial charge in [-0.15, -0.1) is 0 Å². The van der Waals surface area contributed by atoms with Gasteiger partial charge < -0.3 is 9.26 Å². The predicted molar refractivity (Wildman–Crippen MR) is 79.4 cm³/mol. The molecule has 1 aromatic heterocycles. The van der Waals surface area contributed by atoms with Gasteiger partial charge in [0.05, 0.1) is 18.9 Å². The van der Waals surface area contributed by atoms with Gasteiger partial charge in [-0.25, -0.2) is 0 Å². The van der Waals surface area contributed by atoms with Gasteiger partial charge in [-0.3, -0.25) is 4.90 Å². The Hall–Kier alpha value is -1.17. The zero-order valence-electron chi connectivity index (χ0n) is 11.4. The van der Waals surface area contributed by atoms with E-state index in [1.807, 2.05) is 19.1 Å². The summed E-state index contributed by atoms with van der Waals surface area (Å²) in [6.07, 6.45) is 1.93. The molecule has 0 unspecified atom stereocenters. The summed E-state index contributed by atoms with van der Waals surface area (Å²) in [6, 6.07) is 8.32. The van der Waals surface area contributed by atoms with Gasteiger partial charge in [0.25, 0.3) is 0 Å². The van der Waals surface area contributed by atoms with Crippen molar-refractivity contribution in [3.63, 3.8) is 0 Å². The first-order chi connectivity index (χ1) is 9.72. The second kappa shape index (κ2) is 6.08. The lowest BCUT2D eigenvalue weighted by atomic mass is 10.1. The number of nitrogens with zero attached hydrogens (tertiary/aromatic N) is 2. The largest absolute Gasteiger partial charge is 0.371 e. The minimum Gasteiger partial charge on any atom is -0.371 e. The van der Waals surface area contributed by atoms with Gasteiger partial charge in [0.1, 0.15) is 5.76 Å². The second-order valence-corrected chi connectivity index (χ2v) is 5.97. The molecule has 1 aliphatic heterocycles. The van der Waals surface area contributed by atoms with Crippen LogP contribution in [0, 0.1) is 6.92 Å². The number of hydrogen-bond donors (Lipinski definition) is 0. The molecule has 0 amide bonds. The van der Waals surface area contributed by atoms with E-state index in [1.165, 1.54) is 5.56 Å². The average Bonchev–Trinajstić information content (AvgIpc) is 2.85. The minimum atomic E-state index is 0.126. The number of aromatic nitrogens is 1. The number of halogens is 1. The van der Waals surface area contributed by atoms with Crippen molar-refractivity contribution in [1.29, 1.82) is 0 Å². The van der Waals surface area contributed by atoms with Crippen LogP contribution in [0.3, 0.4) is 0 Å². The molecule has 106 valence electrons. The average molecular weight is 337 g/mol. The van der Waals surface area contributed by atoms with Crippen LogP contribution in [0.25, 0.3) is 0 Å². The maximum Gasteiger partial charge on any atom is 0.138 e. The number of hydrogen-bond acceptors (Lipinski definition) is 4. The Morgan fingerprint density at radius 2 is 2.35 bits per heavy atom. The SMILES string of the molecule is Cc1oncc1CN1CCO[C@@H](c2cccc(Br)c2)C1. The molecule has 0 N–H and O–H groups in total. The first-order valence-electron chi connectivity index (χ1n) is 6.72. The van der Waals surface area contributed by atoms with Gasteiger partial charge in [-0.05, 0) is 24.6 Å².